The number of pyridine rings is 1. The van der Waals surface area contributed by atoms with E-state index in [2.05, 4.69) is 15.6 Å². The Balaban J connectivity index is 1.69. The van der Waals surface area contributed by atoms with Gasteiger partial charge in [-0.3, -0.25) is 9.78 Å². The van der Waals surface area contributed by atoms with Crippen LogP contribution >= 0.6 is 0 Å². The van der Waals surface area contributed by atoms with Crippen LogP contribution in [0, 0.1) is 5.82 Å². The maximum absolute atomic E-state index is 13.6. The third-order valence-corrected chi connectivity index (χ3v) is 3.86. The van der Waals surface area contributed by atoms with Crippen molar-refractivity contribution in [2.45, 2.75) is 31.7 Å². The second-order valence-corrected chi connectivity index (χ2v) is 5.52. The minimum absolute atomic E-state index is 0.0100. The smallest absolute Gasteiger partial charge is 0.258 e. The Morgan fingerprint density at radius 1 is 1.18 bits per heavy atom. The molecular weight excluding hydrogens is 281 g/mol. The average Bonchev–Trinajstić information content (AvgIpc) is 3.01. The summed E-state index contributed by atoms with van der Waals surface area (Å²) >= 11 is 0. The second-order valence-electron chi connectivity index (χ2n) is 5.52. The lowest BCUT2D eigenvalue weighted by Crippen LogP contribution is -2.16. The molecule has 1 amide bonds. The minimum atomic E-state index is -0.625. The van der Waals surface area contributed by atoms with Crippen LogP contribution in [0.15, 0.2) is 42.7 Å². The molecule has 1 heterocycles. The van der Waals surface area contributed by atoms with Crippen molar-refractivity contribution in [3.8, 4) is 0 Å². The number of carbonyl (C=O) groups excluding carboxylic acids is 1. The van der Waals surface area contributed by atoms with Crippen LogP contribution < -0.4 is 10.6 Å². The number of rotatable bonds is 4. The van der Waals surface area contributed by atoms with Gasteiger partial charge in [-0.1, -0.05) is 18.9 Å². The molecule has 1 aromatic heterocycles. The topological polar surface area (TPSA) is 54.0 Å². The molecule has 2 aromatic rings. The zero-order valence-electron chi connectivity index (χ0n) is 12.2. The SMILES string of the molecule is O=C(Nc1cccc(NC2CCCC2)c1)c1ccncc1F. The highest BCUT2D eigenvalue weighted by Gasteiger charge is 2.15. The highest BCUT2D eigenvalue weighted by molar-refractivity contribution is 6.04. The summed E-state index contributed by atoms with van der Waals surface area (Å²) in [6.45, 7) is 0. The van der Waals surface area contributed by atoms with E-state index in [1.807, 2.05) is 18.2 Å². The molecule has 114 valence electrons. The summed E-state index contributed by atoms with van der Waals surface area (Å²) in [5, 5.41) is 6.19. The van der Waals surface area contributed by atoms with Crippen LogP contribution in [0.5, 0.6) is 0 Å². The zero-order chi connectivity index (χ0) is 15.4. The maximum atomic E-state index is 13.6. The Labute approximate surface area is 128 Å². The Kier molecular flexibility index (Phi) is 4.32. The summed E-state index contributed by atoms with van der Waals surface area (Å²) in [4.78, 5) is 15.7. The van der Waals surface area contributed by atoms with Gasteiger partial charge in [0.15, 0.2) is 5.82 Å². The lowest BCUT2D eigenvalue weighted by Gasteiger charge is -2.14. The molecule has 5 heteroatoms. The largest absolute Gasteiger partial charge is 0.382 e. The molecule has 0 atom stereocenters. The molecule has 1 aliphatic carbocycles. The van der Waals surface area contributed by atoms with E-state index in [1.165, 1.54) is 37.9 Å². The molecule has 0 spiro atoms. The molecule has 4 nitrogen and oxygen atoms in total. The molecule has 0 unspecified atom stereocenters. The van der Waals surface area contributed by atoms with Crippen molar-refractivity contribution < 1.29 is 9.18 Å². The molecule has 0 saturated heterocycles. The zero-order valence-corrected chi connectivity index (χ0v) is 12.2. The van der Waals surface area contributed by atoms with E-state index in [1.54, 1.807) is 6.07 Å². The predicted octanol–water partition coefficient (Wildman–Crippen LogP) is 3.83. The van der Waals surface area contributed by atoms with Crippen molar-refractivity contribution in [2.24, 2.45) is 0 Å². The summed E-state index contributed by atoms with van der Waals surface area (Å²) in [7, 11) is 0. The van der Waals surface area contributed by atoms with Crippen LogP contribution in [0.4, 0.5) is 15.8 Å². The van der Waals surface area contributed by atoms with E-state index in [-0.39, 0.29) is 5.56 Å². The number of benzene rings is 1. The standard InChI is InChI=1S/C17H18FN3O/c18-16-11-19-9-8-15(16)17(22)21-14-7-3-6-13(10-14)20-12-4-1-2-5-12/h3,6-12,20H,1-2,4-5H2,(H,21,22). The monoisotopic (exact) mass is 299 g/mol. The fourth-order valence-corrected chi connectivity index (χ4v) is 2.75. The van der Waals surface area contributed by atoms with Gasteiger partial charge in [-0.05, 0) is 37.1 Å². The first-order chi connectivity index (χ1) is 10.7. The first-order valence-electron chi connectivity index (χ1n) is 7.50. The van der Waals surface area contributed by atoms with Gasteiger partial charge in [0.05, 0.1) is 11.8 Å². The molecule has 0 bridgehead atoms. The quantitative estimate of drug-likeness (QED) is 0.902. The Morgan fingerprint density at radius 3 is 2.73 bits per heavy atom. The molecule has 1 fully saturated rings. The summed E-state index contributed by atoms with van der Waals surface area (Å²) in [5.74, 6) is -1.10. The molecule has 1 saturated carbocycles. The van der Waals surface area contributed by atoms with Crippen LogP contribution in [-0.4, -0.2) is 16.9 Å². The molecule has 3 rings (SSSR count). The lowest BCUT2D eigenvalue weighted by molar-refractivity contribution is 0.102. The van der Waals surface area contributed by atoms with Gasteiger partial charge in [0, 0.05) is 23.6 Å². The van der Waals surface area contributed by atoms with E-state index >= 15 is 0 Å². The van der Waals surface area contributed by atoms with Gasteiger partial charge < -0.3 is 10.6 Å². The second kappa shape index (κ2) is 6.56. The van der Waals surface area contributed by atoms with Gasteiger partial charge in [-0.25, -0.2) is 4.39 Å². The number of aromatic nitrogens is 1. The van der Waals surface area contributed by atoms with Crippen LogP contribution in [-0.2, 0) is 0 Å². The Hall–Kier alpha value is -2.43. The number of hydrogen-bond donors (Lipinski definition) is 2. The number of hydrogen-bond acceptors (Lipinski definition) is 3. The highest BCUT2D eigenvalue weighted by Crippen LogP contribution is 2.24. The third-order valence-electron chi connectivity index (χ3n) is 3.86. The maximum Gasteiger partial charge on any atom is 0.258 e. The predicted molar refractivity (Wildman–Crippen MR) is 84.5 cm³/mol. The van der Waals surface area contributed by atoms with Gasteiger partial charge >= 0.3 is 0 Å². The van der Waals surface area contributed by atoms with Gasteiger partial charge in [0.25, 0.3) is 5.91 Å². The van der Waals surface area contributed by atoms with E-state index in [4.69, 9.17) is 0 Å². The number of anilines is 2. The van der Waals surface area contributed by atoms with Gasteiger partial charge in [-0.2, -0.15) is 0 Å². The molecule has 1 aromatic carbocycles. The van der Waals surface area contributed by atoms with Crippen molar-refractivity contribution in [3.63, 3.8) is 0 Å². The normalized spacial score (nSPS) is 14.8. The molecule has 0 radical (unpaired) electrons. The Morgan fingerprint density at radius 2 is 1.95 bits per heavy atom. The number of halogens is 1. The van der Waals surface area contributed by atoms with Crippen molar-refractivity contribution >= 4 is 17.3 Å². The highest BCUT2D eigenvalue weighted by atomic mass is 19.1. The summed E-state index contributed by atoms with van der Waals surface area (Å²) in [5.41, 5.74) is 1.60. The number of amides is 1. The van der Waals surface area contributed by atoms with Gasteiger partial charge in [0.1, 0.15) is 0 Å². The van der Waals surface area contributed by atoms with Crippen LogP contribution in [0.1, 0.15) is 36.0 Å². The molecule has 1 aliphatic rings. The number of nitrogens with one attached hydrogen (secondary N) is 2. The minimum Gasteiger partial charge on any atom is -0.382 e. The first kappa shape index (κ1) is 14.5. The van der Waals surface area contributed by atoms with Gasteiger partial charge in [-0.15, -0.1) is 0 Å². The van der Waals surface area contributed by atoms with E-state index < -0.39 is 11.7 Å². The lowest BCUT2D eigenvalue weighted by atomic mass is 10.2. The molecule has 22 heavy (non-hydrogen) atoms. The fourth-order valence-electron chi connectivity index (χ4n) is 2.75. The fraction of sp³-hybridized carbons (Fsp3) is 0.294. The first-order valence-corrected chi connectivity index (χ1v) is 7.50. The Bertz CT molecular complexity index is 668. The van der Waals surface area contributed by atoms with E-state index in [0.29, 0.717) is 11.7 Å². The van der Waals surface area contributed by atoms with Crippen LogP contribution in [0.25, 0.3) is 0 Å². The number of nitrogens with zero attached hydrogens (tertiary/aromatic N) is 1. The number of carbonyl (C=O) groups is 1. The third kappa shape index (κ3) is 3.42. The van der Waals surface area contributed by atoms with Crippen molar-refractivity contribution in [1.29, 1.82) is 0 Å². The molecular formula is C17H18FN3O. The summed E-state index contributed by atoms with van der Waals surface area (Å²) in [6, 6.07) is 9.37. The van der Waals surface area contributed by atoms with E-state index in [0.717, 1.165) is 11.9 Å². The summed E-state index contributed by atoms with van der Waals surface area (Å²) < 4.78 is 13.6. The molecule has 0 aliphatic heterocycles. The summed E-state index contributed by atoms with van der Waals surface area (Å²) in [6.07, 6.45) is 7.31. The van der Waals surface area contributed by atoms with Crippen molar-refractivity contribution in [3.05, 3.63) is 54.1 Å². The van der Waals surface area contributed by atoms with Crippen molar-refractivity contribution in [1.82, 2.24) is 4.98 Å². The van der Waals surface area contributed by atoms with E-state index in [9.17, 15) is 9.18 Å². The average molecular weight is 299 g/mol. The van der Waals surface area contributed by atoms with Crippen molar-refractivity contribution in [2.75, 3.05) is 10.6 Å². The van der Waals surface area contributed by atoms with Crippen LogP contribution in [0.2, 0.25) is 0 Å². The van der Waals surface area contributed by atoms with Gasteiger partial charge in [0.2, 0.25) is 0 Å². The molecule has 2 N–H and O–H groups in total. The van der Waals surface area contributed by atoms with Crippen LogP contribution in [0.3, 0.4) is 0 Å².